The highest BCUT2D eigenvalue weighted by Gasteiger charge is 2.32. The molecule has 2 atom stereocenters. The Kier molecular flexibility index (Phi) is 7.81. The van der Waals surface area contributed by atoms with Gasteiger partial charge >= 0.3 is 5.97 Å². The first-order valence-electron chi connectivity index (χ1n) is 10.1. The van der Waals surface area contributed by atoms with Crippen LogP contribution in [0.25, 0.3) is 0 Å². The zero-order chi connectivity index (χ0) is 23.2. The van der Waals surface area contributed by atoms with Crippen molar-refractivity contribution in [2.45, 2.75) is 66.2 Å². The number of carbonyl (C=O) groups is 2. The number of nitrogens with one attached hydrogen (secondary N) is 1. The lowest BCUT2D eigenvalue weighted by atomic mass is 9.90. The summed E-state index contributed by atoms with van der Waals surface area (Å²) in [5, 5.41) is 15.9. The average molecular weight is 428 g/mol. The molecule has 1 aromatic carbocycles. The molecule has 8 heteroatoms. The molecule has 166 valence electrons. The fourth-order valence-corrected chi connectivity index (χ4v) is 2.68. The molecular formula is C23H29N3O5. The number of carbonyl (C=O) groups excluding carboxylic acids is 2. The van der Waals surface area contributed by atoms with Gasteiger partial charge in [0, 0.05) is 0 Å². The lowest BCUT2D eigenvalue weighted by molar-refractivity contribution is -0.154. The van der Waals surface area contributed by atoms with Crippen molar-refractivity contribution < 1.29 is 23.6 Å². The van der Waals surface area contributed by atoms with Crippen molar-refractivity contribution in [2.75, 3.05) is 0 Å². The fourth-order valence-electron chi connectivity index (χ4n) is 2.68. The van der Waals surface area contributed by atoms with Gasteiger partial charge in [-0.1, -0.05) is 31.1 Å². The lowest BCUT2D eigenvalue weighted by Crippen LogP contribution is -2.52. The Bertz CT molecular complexity index is 939. The van der Waals surface area contributed by atoms with Gasteiger partial charge < -0.3 is 19.3 Å². The maximum absolute atomic E-state index is 12.3. The number of hydrogen-bond donors (Lipinski definition) is 1. The number of hydrogen-bond acceptors (Lipinski definition) is 7. The number of ether oxygens (including phenoxy) is 2. The smallest absolute Gasteiger partial charge is 0.311 e. The van der Waals surface area contributed by atoms with Crippen LogP contribution in [0.3, 0.4) is 0 Å². The van der Waals surface area contributed by atoms with Gasteiger partial charge in [0.15, 0.2) is 6.10 Å². The summed E-state index contributed by atoms with van der Waals surface area (Å²) in [5.74, 6) is 0.236. The molecule has 1 heterocycles. The number of esters is 1. The molecule has 8 nitrogen and oxygen atoms in total. The minimum atomic E-state index is -1.03. The molecule has 1 amide bonds. The first kappa shape index (κ1) is 23.9. The zero-order valence-corrected chi connectivity index (χ0v) is 18.8. The van der Waals surface area contributed by atoms with E-state index in [4.69, 9.17) is 14.0 Å². The summed E-state index contributed by atoms with van der Waals surface area (Å²) >= 11 is 0. The topological polar surface area (TPSA) is 114 Å². The number of aromatic nitrogens is 1. The largest absolute Gasteiger partial charge is 0.489 e. The summed E-state index contributed by atoms with van der Waals surface area (Å²) in [6.07, 6.45) is -0.988. The molecule has 2 aromatic rings. The monoisotopic (exact) mass is 427 g/mol. The molecule has 1 N–H and O–H groups in total. The maximum Gasteiger partial charge on any atom is 0.311 e. The van der Waals surface area contributed by atoms with Crippen molar-refractivity contribution in [3.8, 4) is 11.8 Å². The molecule has 0 radical (unpaired) electrons. The first-order chi connectivity index (χ1) is 14.6. The standard InChI is InChI=1S/C23H29N3O5/c1-14(2)23(6,13-24)25-22(28)17(5)30-21(27)11-18-7-9-19(10-8-18)29-12-20-15(3)26-31-16(20)4/h7-10,14,17H,11-12H2,1-6H3,(H,25,28)/t17-,23-/m0/s1. The molecule has 0 saturated heterocycles. The first-order valence-corrected chi connectivity index (χ1v) is 10.1. The Labute approximate surface area is 182 Å². The van der Waals surface area contributed by atoms with Gasteiger partial charge in [-0.25, -0.2) is 0 Å². The van der Waals surface area contributed by atoms with Gasteiger partial charge in [-0.05, 0) is 51.3 Å². The second-order valence-electron chi connectivity index (χ2n) is 8.00. The van der Waals surface area contributed by atoms with Crippen LogP contribution in [-0.2, 0) is 27.4 Å². The molecule has 2 rings (SSSR count). The van der Waals surface area contributed by atoms with E-state index in [0.717, 1.165) is 22.6 Å². The van der Waals surface area contributed by atoms with Crippen molar-refractivity contribution in [2.24, 2.45) is 5.92 Å². The maximum atomic E-state index is 12.3. The van der Waals surface area contributed by atoms with Gasteiger partial charge in [-0.2, -0.15) is 5.26 Å². The van der Waals surface area contributed by atoms with E-state index in [0.29, 0.717) is 12.4 Å². The molecule has 0 saturated carbocycles. The molecule has 0 aliphatic rings. The van der Waals surface area contributed by atoms with Crippen LogP contribution in [0.1, 0.15) is 50.3 Å². The van der Waals surface area contributed by atoms with Gasteiger partial charge in [0.25, 0.3) is 5.91 Å². The van der Waals surface area contributed by atoms with Crippen molar-refractivity contribution in [3.05, 3.63) is 46.8 Å². The van der Waals surface area contributed by atoms with Crippen molar-refractivity contribution in [3.63, 3.8) is 0 Å². The molecule has 0 bridgehead atoms. The second kappa shape index (κ2) is 10.1. The fraction of sp³-hybridized carbons (Fsp3) is 0.478. The summed E-state index contributed by atoms with van der Waals surface area (Å²) in [4.78, 5) is 24.5. The molecule has 0 aliphatic heterocycles. The number of amides is 1. The minimum absolute atomic E-state index is 0.0153. The van der Waals surface area contributed by atoms with E-state index >= 15 is 0 Å². The summed E-state index contributed by atoms with van der Waals surface area (Å²) < 4.78 is 16.1. The third-order valence-corrected chi connectivity index (χ3v) is 5.28. The van der Waals surface area contributed by atoms with E-state index in [9.17, 15) is 14.9 Å². The molecule has 0 spiro atoms. The highest BCUT2D eigenvalue weighted by molar-refractivity contribution is 5.84. The highest BCUT2D eigenvalue weighted by atomic mass is 16.5. The number of aryl methyl sites for hydroxylation is 2. The van der Waals surface area contributed by atoms with E-state index < -0.39 is 23.5 Å². The van der Waals surface area contributed by atoms with Crippen LogP contribution >= 0.6 is 0 Å². The Morgan fingerprint density at radius 3 is 2.39 bits per heavy atom. The third-order valence-electron chi connectivity index (χ3n) is 5.28. The van der Waals surface area contributed by atoms with Gasteiger partial charge in [0.2, 0.25) is 0 Å². The van der Waals surface area contributed by atoms with Crippen LogP contribution in [0.5, 0.6) is 5.75 Å². The number of rotatable bonds is 9. The SMILES string of the molecule is Cc1noc(C)c1COc1ccc(CC(=O)O[C@@H](C)C(=O)N[C@@](C)(C#N)C(C)C)cc1. The van der Waals surface area contributed by atoms with E-state index in [1.54, 1.807) is 31.2 Å². The molecule has 0 unspecified atom stereocenters. The van der Waals surface area contributed by atoms with E-state index in [1.165, 1.54) is 6.92 Å². The van der Waals surface area contributed by atoms with Crippen LogP contribution in [0.2, 0.25) is 0 Å². The van der Waals surface area contributed by atoms with Crippen LogP contribution in [-0.4, -0.2) is 28.7 Å². The van der Waals surface area contributed by atoms with Gasteiger partial charge in [-0.15, -0.1) is 0 Å². The number of nitriles is 1. The predicted octanol–water partition coefficient (Wildman–Crippen LogP) is 3.40. The molecule has 0 aliphatic carbocycles. The Morgan fingerprint density at radius 1 is 1.23 bits per heavy atom. The average Bonchev–Trinajstić information content (AvgIpc) is 3.04. The van der Waals surface area contributed by atoms with Gasteiger partial charge in [0.05, 0.1) is 23.7 Å². The predicted molar refractivity (Wildman–Crippen MR) is 113 cm³/mol. The second-order valence-corrected chi connectivity index (χ2v) is 8.00. The molecule has 1 aromatic heterocycles. The molecular weight excluding hydrogens is 398 g/mol. The molecule has 0 fully saturated rings. The van der Waals surface area contributed by atoms with Crippen molar-refractivity contribution >= 4 is 11.9 Å². The normalized spacial score (nSPS) is 13.7. The summed E-state index contributed by atoms with van der Waals surface area (Å²) in [5.41, 5.74) is 1.40. The summed E-state index contributed by atoms with van der Waals surface area (Å²) in [7, 11) is 0. The minimum Gasteiger partial charge on any atom is -0.489 e. The van der Waals surface area contributed by atoms with Crippen LogP contribution < -0.4 is 10.1 Å². The summed E-state index contributed by atoms with van der Waals surface area (Å²) in [6.45, 7) is 10.8. The van der Waals surface area contributed by atoms with E-state index in [-0.39, 0.29) is 12.3 Å². The van der Waals surface area contributed by atoms with Gasteiger partial charge in [0.1, 0.15) is 23.7 Å². The Hall–Kier alpha value is -3.34. The van der Waals surface area contributed by atoms with Crippen LogP contribution in [0.15, 0.2) is 28.8 Å². The summed E-state index contributed by atoms with van der Waals surface area (Å²) in [6, 6.07) is 9.15. The van der Waals surface area contributed by atoms with E-state index in [2.05, 4.69) is 16.5 Å². The van der Waals surface area contributed by atoms with E-state index in [1.807, 2.05) is 27.7 Å². The zero-order valence-electron chi connectivity index (χ0n) is 18.8. The number of benzene rings is 1. The van der Waals surface area contributed by atoms with Gasteiger partial charge in [-0.3, -0.25) is 9.59 Å². The van der Waals surface area contributed by atoms with Crippen LogP contribution in [0.4, 0.5) is 0 Å². The highest BCUT2D eigenvalue weighted by Crippen LogP contribution is 2.19. The van der Waals surface area contributed by atoms with Crippen LogP contribution in [0, 0.1) is 31.1 Å². The van der Waals surface area contributed by atoms with Crippen molar-refractivity contribution in [1.82, 2.24) is 10.5 Å². The Morgan fingerprint density at radius 2 is 1.87 bits per heavy atom. The number of nitrogens with zero attached hydrogens (tertiary/aromatic N) is 2. The van der Waals surface area contributed by atoms with Crippen molar-refractivity contribution in [1.29, 1.82) is 5.26 Å². The Balaban J connectivity index is 1.86. The lowest BCUT2D eigenvalue weighted by Gasteiger charge is -2.28. The molecule has 31 heavy (non-hydrogen) atoms. The quantitative estimate of drug-likeness (QED) is 0.610. The third kappa shape index (κ3) is 6.32.